The molecule has 3 rings (SSSR count). The SMILES string of the molecule is C=C(C)[C@H](O)Cc1c(OC)c(OC)cc2oc3cc(OC)c(/C=C/C(C)(C)O)c(O)c3c(=O)c12. The first-order valence-electron chi connectivity index (χ1n) is 10.6. The summed E-state index contributed by atoms with van der Waals surface area (Å²) in [7, 11) is 4.31. The summed E-state index contributed by atoms with van der Waals surface area (Å²) in [4.78, 5) is 13.8. The molecule has 0 saturated carbocycles. The van der Waals surface area contributed by atoms with Gasteiger partial charge in [-0.3, -0.25) is 4.79 Å². The number of aliphatic hydroxyl groups is 2. The molecule has 3 aromatic rings. The van der Waals surface area contributed by atoms with Gasteiger partial charge in [-0.25, -0.2) is 0 Å². The van der Waals surface area contributed by atoms with Crippen LogP contribution in [-0.4, -0.2) is 48.4 Å². The Morgan fingerprint density at radius 3 is 2.24 bits per heavy atom. The minimum absolute atomic E-state index is 0.0187. The molecule has 1 aromatic heterocycles. The van der Waals surface area contributed by atoms with Gasteiger partial charge in [0.25, 0.3) is 0 Å². The summed E-state index contributed by atoms with van der Waals surface area (Å²) in [5, 5.41) is 31.8. The van der Waals surface area contributed by atoms with E-state index in [0.29, 0.717) is 16.9 Å². The average molecular weight is 471 g/mol. The number of aromatic hydroxyl groups is 1. The number of phenolic OH excluding ortho intramolecular Hbond substituents is 1. The Balaban J connectivity index is 2.48. The standard InChI is InChI=1S/C26H30O8/c1-13(2)16(27)10-15-21-18(12-20(32-6)25(15)33-7)34-19-11-17(31-5)14(8-9-26(3,4)30)23(28)22(19)24(21)29/h8-9,11-12,16,27-28,30H,1,10H2,2-7H3/b9-8+/t16-/m1/s1. The number of rotatable bonds is 8. The fourth-order valence-electron chi connectivity index (χ4n) is 3.73. The van der Waals surface area contributed by atoms with E-state index in [0.717, 1.165) is 0 Å². The molecule has 0 saturated heterocycles. The molecule has 0 spiro atoms. The van der Waals surface area contributed by atoms with Crippen molar-refractivity contribution in [2.75, 3.05) is 21.3 Å². The van der Waals surface area contributed by atoms with E-state index in [9.17, 15) is 20.1 Å². The van der Waals surface area contributed by atoms with Gasteiger partial charge in [0.05, 0.1) is 44.0 Å². The monoisotopic (exact) mass is 470 g/mol. The Labute approximate surface area is 197 Å². The number of methoxy groups -OCH3 is 3. The smallest absolute Gasteiger partial charge is 0.204 e. The molecule has 0 unspecified atom stereocenters. The molecule has 8 heteroatoms. The highest BCUT2D eigenvalue weighted by Crippen LogP contribution is 2.41. The summed E-state index contributed by atoms with van der Waals surface area (Å²) in [6.07, 6.45) is 2.03. The van der Waals surface area contributed by atoms with E-state index in [1.54, 1.807) is 20.8 Å². The lowest BCUT2D eigenvalue weighted by atomic mass is 9.96. The van der Waals surface area contributed by atoms with Gasteiger partial charge in [-0.05, 0) is 26.8 Å². The van der Waals surface area contributed by atoms with Crippen LogP contribution in [0.3, 0.4) is 0 Å². The summed E-state index contributed by atoms with van der Waals surface area (Å²) in [6.45, 7) is 8.61. The van der Waals surface area contributed by atoms with E-state index in [1.165, 1.54) is 45.6 Å². The Hall–Kier alpha value is -3.49. The van der Waals surface area contributed by atoms with Gasteiger partial charge < -0.3 is 33.9 Å². The van der Waals surface area contributed by atoms with Crippen LogP contribution in [0.1, 0.15) is 31.9 Å². The zero-order chi connectivity index (χ0) is 25.4. The van der Waals surface area contributed by atoms with Crippen molar-refractivity contribution < 1.29 is 33.9 Å². The van der Waals surface area contributed by atoms with Crippen LogP contribution in [-0.2, 0) is 6.42 Å². The van der Waals surface area contributed by atoms with Gasteiger partial charge in [0.2, 0.25) is 5.43 Å². The predicted molar refractivity (Wildman–Crippen MR) is 131 cm³/mol. The minimum atomic E-state index is -1.16. The molecule has 0 aliphatic rings. The number of ether oxygens (including phenoxy) is 3. The van der Waals surface area contributed by atoms with Gasteiger partial charge in [-0.2, -0.15) is 0 Å². The van der Waals surface area contributed by atoms with Crippen LogP contribution in [0.4, 0.5) is 0 Å². The van der Waals surface area contributed by atoms with Crippen LogP contribution in [0.5, 0.6) is 23.0 Å². The Bertz CT molecular complexity index is 1340. The fraction of sp³-hybridized carbons (Fsp3) is 0.346. The normalized spacial score (nSPS) is 12.9. The van der Waals surface area contributed by atoms with Crippen molar-refractivity contribution in [3.8, 4) is 23.0 Å². The number of hydrogen-bond donors (Lipinski definition) is 3. The highest BCUT2D eigenvalue weighted by atomic mass is 16.5. The summed E-state index contributed by atoms with van der Waals surface area (Å²) in [6, 6.07) is 3.02. The third kappa shape index (κ3) is 4.60. The lowest BCUT2D eigenvalue weighted by molar-refractivity contribution is 0.134. The van der Waals surface area contributed by atoms with Crippen molar-refractivity contribution in [1.82, 2.24) is 0 Å². The van der Waals surface area contributed by atoms with Gasteiger partial charge in [0, 0.05) is 24.1 Å². The molecular weight excluding hydrogens is 440 g/mol. The number of benzene rings is 2. The van der Waals surface area contributed by atoms with Crippen molar-refractivity contribution in [3.05, 3.63) is 51.7 Å². The zero-order valence-corrected chi connectivity index (χ0v) is 20.2. The minimum Gasteiger partial charge on any atom is -0.506 e. The maximum atomic E-state index is 13.8. The van der Waals surface area contributed by atoms with Crippen molar-refractivity contribution in [1.29, 1.82) is 0 Å². The Kier molecular flexibility index (Phi) is 6.95. The second kappa shape index (κ2) is 9.40. The first-order valence-corrected chi connectivity index (χ1v) is 10.6. The summed E-state index contributed by atoms with van der Waals surface area (Å²) in [5.74, 6) is 0.498. The molecule has 3 N–H and O–H groups in total. The third-order valence-corrected chi connectivity index (χ3v) is 5.52. The van der Waals surface area contributed by atoms with Crippen molar-refractivity contribution >= 4 is 28.0 Å². The van der Waals surface area contributed by atoms with Gasteiger partial charge >= 0.3 is 0 Å². The molecular formula is C26H30O8. The number of phenols is 1. The molecule has 0 radical (unpaired) electrons. The van der Waals surface area contributed by atoms with E-state index in [2.05, 4.69) is 6.58 Å². The highest BCUT2D eigenvalue weighted by Gasteiger charge is 2.25. The first-order chi connectivity index (χ1) is 15.9. The van der Waals surface area contributed by atoms with Crippen LogP contribution in [0, 0.1) is 0 Å². The third-order valence-electron chi connectivity index (χ3n) is 5.52. The lowest BCUT2D eigenvalue weighted by Crippen LogP contribution is -2.16. The van der Waals surface area contributed by atoms with Crippen LogP contribution in [0.15, 0.2) is 39.6 Å². The molecule has 182 valence electrons. The predicted octanol–water partition coefficient (Wildman–Crippen LogP) is 3.94. The van der Waals surface area contributed by atoms with Crippen LogP contribution < -0.4 is 19.6 Å². The van der Waals surface area contributed by atoms with Gasteiger partial charge in [-0.1, -0.05) is 18.2 Å². The maximum Gasteiger partial charge on any atom is 0.204 e. The van der Waals surface area contributed by atoms with E-state index in [-0.39, 0.29) is 51.2 Å². The molecule has 34 heavy (non-hydrogen) atoms. The highest BCUT2D eigenvalue weighted by molar-refractivity contribution is 5.99. The van der Waals surface area contributed by atoms with Crippen molar-refractivity contribution in [2.45, 2.75) is 38.9 Å². The average Bonchev–Trinajstić information content (AvgIpc) is 2.76. The van der Waals surface area contributed by atoms with Crippen LogP contribution in [0.25, 0.3) is 28.0 Å². The molecule has 0 amide bonds. The summed E-state index contributed by atoms with van der Waals surface area (Å²) < 4.78 is 22.4. The Morgan fingerprint density at radius 2 is 1.71 bits per heavy atom. The number of fused-ring (bicyclic) bond motifs is 2. The molecule has 8 nitrogen and oxygen atoms in total. The second-order valence-corrected chi connectivity index (χ2v) is 8.66. The zero-order valence-electron chi connectivity index (χ0n) is 20.2. The van der Waals surface area contributed by atoms with E-state index < -0.39 is 17.1 Å². The van der Waals surface area contributed by atoms with E-state index in [1.807, 2.05) is 0 Å². The maximum absolute atomic E-state index is 13.8. The molecule has 0 aliphatic heterocycles. The summed E-state index contributed by atoms with van der Waals surface area (Å²) >= 11 is 0. The van der Waals surface area contributed by atoms with Gasteiger partial charge in [-0.15, -0.1) is 0 Å². The second-order valence-electron chi connectivity index (χ2n) is 8.66. The summed E-state index contributed by atoms with van der Waals surface area (Å²) in [5.41, 5.74) is -0.282. The molecule has 2 aromatic carbocycles. The molecule has 1 heterocycles. The largest absolute Gasteiger partial charge is 0.506 e. The quantitative estimate of drug-likeness (QED) is 0.335. The molecule has 0 aliphatic carbocycles. The van der Waals surface area contributed by atoms with Gasteiger partial charge in [0.15, 0.2) is 11.5 Å². The molecule has 0 fully saturated rings. The number of aliphatic hydroxyl groups excluding tert-OH is 1. The van der Waals surface area contributed by atoms with E-state index >= 15 is 0 Å². The van der Waals surface area contributed by atoms with Gasteiger partial charge in [0.1, 0.15) is 28.1 Å². The lowest BCUT2D eigenvalue weighted by Gasteiger charge is -2.18. The molecule has 1 atom stereocenters. The topological polar surface area (TPSA) is 119 Å². The van der Waals surface area contributed by atoms with Crippen LogP contribution >= 0.6 is 0 Å². The fourth-order valence-corrected chi connectivity index (χ4v) is 3.73. The van der Waals surface area contributed by atoms with Crippen LogP contribution in [0.2, 0.25) is 0 Å². The van der Waals surface area contributed by atoms with Crippen molar-refractivity contribution in [2.24, 2.45) is 0 Å². The van der Waals surface area contributed by atoms with Crippen molar-refractivity contribution in [3.63, 3.8) is 0 Å². The van der Waals surface area contributed by atoms with E-state index in [4.69, 9.17) is 18.6 Å². The molecule has 0 bridgehead atoms. The Morgan fingerprint density at radius 1 is 1.12 bits per heavy atom. The number of hydrogen-bond acceptors (Lipinski definition) is 8. The first kappa shape index (κ1) is 25.1.